The number of carbonyl (C=O) groups excluding carboxylic acids is 1. The summed E-state index contributed by atoms with van der Waals surface area (Å²) in [6, 6.07) is 7.34. The monoisotopic (exact) mass is 398 g/mol. The fourth-order valence-electron chi connectivity index (χ4n) is 3.99. The number of carbonyl (C=O) groups is 1. The molecule has 0 bridgehead atoms. The van der Waals surface area contributed by atoms with Gasteiger partial charge in [-0.2, -0.15) is 4.98 Å². The number of halogens is 1. The second-order valence-corrected chi connectivity index (χ2v) is 7.98. The predicted octanol–water partition coefficient (Wildman–Crippen LogP) is 4.87. The van der Waals surface area contributed by atoms with Crippen molar-refractivity contribution in [2.24, 2.45) is 0 Å². The summed E-state index contributed by atoms with van der Waals surface area (Å²) in [5, 5.41) is 8.85. The zero-order valence-electron chi connectivity index (χ0n) is 16.1. The third-order valence-corrected chi connectivity index (χ3v) is 5.71. The van der Waals surface area contributed by atoms with Crippen molar-refractivity contribution in [2.75, 3.05) is 0 Å². The Bertz CT molecular complexity index is 1020. The smallest absolute Gasteiger partial charge is 0.253 e. The van der Waals surface area contributed by atoms with Crippen molar-refractivity contribution in [1.29, 1.82) is 0 Å². The Morgan fingerprint density at radius 2 is 1.86 bits per heavy atom. The molecule has 1 aromatic carbocycles. The van der Waals surface area contributed by atoms with Gasteiger partial charge in [0.05, 0.1) is 16.8 Å². The van der Waals surface area contributed by atoms with Crippen LogP contribution in [0.25, 0.3) is 10.9 Å². The van der Waals surface area contributed by atoms with E-state index in [1.165, 1.54) is 0 Å². The van der Waals surface area contributed by atoms with Gasteiger partial charge in [-0.25, -0.2) is 0 Å². The fraction of sp³-hybridized carbons (Fsp3) is 0.429. The van der Waals surface area contributed by atoms with Gasteiger partial charge < -0.3 is 9.84 Å². The van der Waals surface area contributed by atoms with Crippen molar-refractivity contribution in [2.45, 2.75) is 57.9 Å². The quantitative estimate of drug-likeness (QED) is 0.636. The summed E-state index contributed by atoms with van der Waals surface area (Å²) in [5.41, 5.74) is 1.43. The van der Waals surface area contributed by atoms with Gasteiger partial charge in [0.25, 0.3) is 5.91 Å². The van der Waals surface area contributed by atoms with Crippen LogP contribution in [0.15, 0.2) is 28.8 Å². The van der Waals surface area contributed by atoms with Crippen LogP contribution < -0.4 is 5.32 Å². The third-order valence-electron chi connectivity index (χ3n) is 5.48. The van der Waals surface area contributed by atoms with Crippen LogP contribution in [-0.4, -0.2) is 21.0 Å². The number of nitrogens with one attached hydrogen (secondary N) is 1. The van der Waals surface area contributed by atoms with E-state index >= 15 is 0 Å². The molecule has 1 saturated carbocycles. The molecular weight excluding hydrogens is 376 g/mol. The molecule has 1 N–H and O–H groups in total. The third kappa shape index (κ3) is 3.61. The maximum atomic E-state index is 13.3. The van der Waals surface area contributed by atoms with Crippen molar-refractivity contribution in [3.05, 3.63) is 52.3 Å². The molecule has 7 heteroatoms. The summed E-state index contributed by atoms with van der Waals surface area (Å²) in [4.78, 5) is 22.3. The molecule has 0 aliphatic heterocycles. The van der Waals surface area contributed by atoms with Crippen LogP contribution in [0.5, 0.6) is 0 Å². The minimum atomic E-state index is -0.610. The van der Waals surface area contributed by atoms with Crippen LogP contribution in [0, 0.1) is 13.8 Å². The van der Waals surface area contributed by atoms with Crippen LogP contribution >= 0.6 is 11.6 Å². The van der Waals surface area contributed by atoms with E-state index < -0.39 is 5.54 Å². The Labute approximate surface area is 168 Å². The zero-order chi connectivity index (χ0) is 19.7. The molecule has 0 radical (unpaired) electrons. The van der Waals surface area contributed by atoms with Gasteiger partial charge >= 0.3 is 0 Å². The number of aromatic nitrogens is 3. The van der Waals surface area contributed by atoms with Crippen molar-refractivity contribution in [3.63, 3.8) is 0 Å². The molecule has 1 amide bonds. The first-order valence-corrected chi connectivity index (χ1v) is 10.0. The van der Waals surface area contributed by atoms with Gasteiger partial charge in [-0.3, -0.25) is 9.78 Å². The highest BCUT2D eigenvalue weighted by atomic mass is 35.5. The number of nitrogens with zero attached hydrogens (tertiary/aromatic N) is 3. The van der Waals surface area contributed by atoms with E-state index in [2.05, 4.69) is 20.4 Å². The van der Waals surface area contributed by atoms with Gasteiger partial charge in [0.1, 0.15) is 5.54 Å². The average molecular weight is 399 g/mol. The van der Waals surface area contributed by atoms with Gasteiger partial charge in [-0.1, -0.05) is 42.4 Å². The summed E-state index contributed by atoms with van der Waals surface area (Å²) in [5.74, 6) is 0.900. The molecule has 0 atom stereocenters. The van der Waals surface area contributed by atoms with E-state index in [1.807, 2.05) is 25.1 Å². The summed E-state index contributed by atoms with van der Waals surface area (Å²) >= 11 is 6.11. The largest absolute Gasteiger partial charge is 0.340 e. The molecule has 1 fully saturated rings. The van der Waals surface area contributed by atoms with Gasteiger partial charge in [0.2, 0.25) is 5.89 Å². The first-order valence-electron chi connectivity index (χ1n) is 9.67. The summed E-state index contributed by atoms with van der Waals surface area (Å²) in [6.45, 7) is 3.62. The topological polar surface area (TPSA) is 80.9 Å². The van der Waals surface area contributed by atoms with Crippen molar-refractivity contribution < 1.29 is 9.32 Å². The number of benzene rings is 1. The van der Waals surface area contributed by atoms with Gasteiger partial charge in [-0.05, 0) is 44.0 Å². The Balaban J connectivity index is 1.71. The molecule has 6 nitrogen and oxygen atoms in total. The Morgan fingerprint density at radius 1 is 1.11 bits per heavy atom. The molecule has 146 valence electrons. The van der Waals surface area contributed by atoms with Crippen LogP contribution in [0.2, 0.25) is 5.02 Å². The van der Waals surface area contributed by atoms with Gasteiger partial charge in [0.15, 0.2) is 5.82 Å². The SMILES string of the molecule is Cc1nc(C2(NC(=O)c3cc4cc(Cl)ccc4nc3C)CCCCCC2)no1. The highest BCUT2D eigenvalue weighted by Crippen LogP contribution is 2.35. The van der Waals surface area contributed by atoms with E-state index in [9.17, 15) is 4.79 Å². The Hall–Kier alpha value is -2.47. The van der Waals surface area contributed by atoms with E-state index in [1.54, 1.807) is 13.0 Å². The maximum Gasteiger partial charge on any atom is 0.253 e. The number of rotatable bonds is 3. The highest BCUT2D eigenvalue weighted by Gasteiger charge is 2.39. The van der Waals surface area contributed by atoms with E-state index in [4.69, 9.17) is 16.1 Å². The molecule has 3 aromatic rings. The van der Waals surface area contributed by atoms with E-state index in [0.29, 0.717) is 28.0 Å². The number of hydrogen-bond acceptors (Lipinski definition) is 5. The minimum Gasteiger partial charge on any atom is -0.340 e. The number of aryl methyl sites for hydroxylation is 2. The number of fused-ring (bicyclic) bond motifs is 1. The zero-order valence-corrected chi connectivity index (χ0v) is 16.8. The molecule has 0 unspecified atom stereocenters. The van der Waals surface area contributed by atoms with Crippen LogP contribution in [0.1, 0.15) is 66.3 Å². The average Bonchev–Trinajstić information content (AvgIpc) is 2.97. The molecule has 2 heterocycles. The number of hydrogen-bond donors (Lipinski definition) is 1. The first-order chi connectivity index (χ1) is 13.5. The van der Waals surface area contributed by atoms with Crippen LogP contribution in [0.4, 0.5) is 0 Å². The molecule has 1 aliphatic rings. The van der Waals surface area contributed by atoms with E-state index in [0.717, 1.165) is 49.4 Å². The number of amides is 1. The lowest BCUT2D eigenvalue weighted by atomic mass is 9.88. The Morgan fingerprint density at radius 3 is 2.54 bits per heavy atom. The molecule has 1 aliphatic carbocycles. The van der Waals surface area contributed by atoms with Crippen LogP contribution in [0.3, 0.4) is 0 Å². The normalized spacial score (nSPS) is 16.7. The minimum absolute atomic E-state index is 0.170. The van der Waals surface area contributed by atoms with Crippen molar-refractivity contribution >= 4 is 28.4 Å². The first kappa shape index (κ1) is 18.9. The standard InChI is InChI=1S/C21H23ClN4O2/c1-13-17(12-15-11-16(22)7-8-18(15)23-13)19(27)25-21(9-5-3-4-6-10-21)20-24-14(2)28-26-20/h7-8,11-12H,3-6,9-10H2,1-2H3,(H,25,27). The maximum absolute atomic E-state index is 13.3. The summed E-state index contributed by atoms with van der Waals surface area (Å²) < 4.78 is 5.23. The lowest BCUT2D eigenvalue weighted by Gasteiger charge is -2.31. The molecule has 2 aromatic heterocycles. The lowest BCUT2D eigenvalue weighted by molar-refractivity contribution is 0.0876. The summed E-state index contributed by atoms with van der Waals surface area (Å²) in [7, 11) is 0. The van der Waals surface area contributed by atoms with Crippen molar-refractivity contribution in [3.8, 4) is 0 Å². The van der Waals surface area contributed by atoms with Crippen LogP contribution in [-0.2, 0) is 5.54 Å². The molecular formula is C21H23ClN4O2. The fourth-order valence-corrected chi connectivity index (χ4v) is 4.17. The molecule has 0 saturated heterocycles. The summed E-state index contributed by atoms with van der Waals surface area (Å²) in [6.07, 6.45) is 5.90. The molecule has 4 rings (SSSR count). The van der Waals surface area contributed by atoms with Gasteiger partial charge in [-0.15, -0.1) is 0 Å². The predicted molar refractivity (Wildman–Crippen MR) is 107 cm³/mol. The number of pyridine rings is 1. The second kappa shape index (κ2) is 7.51. The Kier molecular flexibility index (Phi) is 5.06. The molecule has 28 heavy (non-hydrogen) atoms. The molecule has 0 spiro atoms. The highest BCUT2D eigenvalue weighted by molar-refractivity contribution is 6.31. The van der Waals surface area contributed by atoms with Gasteiger partial charge in [0, 0.05) is 17.3 Å². The van der Waals surface area contributed by atoms with E-state index in [-0.39, 0.29) is 5.91 Å². The second-order valence-electron chi connectivity index (χ2n) is 7.55. The van der Waals surface area contributed by atoms with Crippen molar-refractivity contribution in [1.82, 2.24) is 20.4 Å². The lowest BCUT2D eigenvalue weighted by Crippen LogP contribution is -2.46.